The molecule has 0 aromatic heterocycles. The first kappa shape index (κ1) is 6.67. The fourth-order valence-corrected chi connectivity index (χ4v) is 0.517. The van der Waals surface area contributed by atoms with E-state index in [9.17, 15) is 4.79 Å². The summed E-state index contributed by atoms with van der Waals surface area (Å²) in [5, 5.41) is 16.9. The molecule has 1 rings (SSSR count). The van der Waals surface area contributed by atoms with Crippen LogP contribution < -0.4 is 0 Å². The van der Waals surface area contributed by atoms with Crippen LogP contribution in [-0.2, 0) is 9.53 Å². The molecule has 4 nitrogen and oxygen atoms in total. The Kier molecular flexibility index (Phi) is 1.80. The lowest BCUT2D eigenvalue weighted by Gasteiger charge is -2.00. The van der Waals surface area contributed by atoms with Gasteiger partial charge in [0.05, 0.1) is 13.2 Å². The van der Waals surface area contributed by atoms with Gasteiger partial charge in [0.15, 0.2) is 5.78 Å². The Hall–Kier alpha value is -0.450. The highest BCUT2D eigenvalue weighted by Gasteiger charge is 2.34. The average molecular weight is 132 g/mol. The van der Waals surface area contributed by atoms with Crippen molar-refractivity contribution in [3.05, 3.63) is 0 Å². The molecule has 0 saturated carbocycles. The van der Waals surface area contributed by atoms with E-state index < -0.39 is 24.6 Å². The van der Waals surface area contributed by atoms with E-state index in [2.05, 4.69) is 4.74 Å². The molecule has 1 heterocycles. The van der Waals surface area contributed by atoms with Crippen molar-refractivity contribution in [2.45, 2.75) is 12.2 Å². The van der Waals surface area contributed by atoms with Gasteiger partial charge in [-0.25, -0.2) is 0 Å². The second-order valence-corrected chi connectivity index (χ2v) is 1.92. The minimum absolute atomic E-state index is 0.385. The predicted octanol–water partition coefficient (Wildman–Crippen LogP) is -1.69. The third kappa shape index (κ3) is 1.48. The van der Waals surface area contributed by atoms with E-state index in [-0.39, 0.29) is 0 Å². The van der Waals surface area contributed by atoms with Gasteiger partial charge < -0.3 is 14.9 Å². The number of Topliss-reactive ketones (excluding diaryl/α,β-unsaturated/α-hetero) is 1. The zero-order chi connectivity index (χ0) is 6.85. The van der Waals surface area contributed by atoms with Crippen molar-refractivity contribution >= 4 is 5.78 Å². The van der Waals surface area contributed by atoms with Crippen LogP contribution in [0.4, 0.5) is 0 Å². The van der Waals surface area contributed by atoms with E-state index in [4.69, 9.17) is 10.2 Å². The molecule has 0 aliphatic carbocycles. The van der Waals surface area contributed by atoms with Gasteiger partial charge in [-0.1, -0.05) is 0 Å². The molecular weight excluding hydrogens is 124 g/mol. The van der Waals surface area contributed by atoms with E-state index in [0.29, 0.717) is 6.61 Å². The summed E-state index contributed by atoms with van der Waals surface area (Å²) in [5.41, 5.74) is 0. The largest absolute Gasteiger partial charge is 0.393 e. The number of carbonyl (C=O) groups is 1. The number of aliphatic hydroxyl groups excluding tert-OH is 2. The van der Waals surface area contributed by atoms with Crippen LogP contribution in [0, 0.1) is 0 Å². The zero-order valence-corrected chi connectivity index (χ0v) is 4.78. The summed E-state index contributed by atoms with van der Waals surface area (Å²) >= 11 is 0. The van der Waals surface area contributed by atoms with Gasteiger partial charge in [0, 0.05) is 0 Å². The highest BCUT2D eigenvalue weighted by Crippen LogP contribution is 2.11. The Labute approximate surface area is 52.1 Å². The maximum absolute atomic E-state index is 10.6. The SMILES string of the molecule is O=C(C(O)CO)C1CO1. The smallest absolute Gasteiger partial charge is 0.194 e. The van der Waals surface area contributed by atoms with Crippen molar-refractivity contribution < 1.29 is 19.7 Å². The highest BCUT2D eigenvalue weighted by molar-refractivity contribution is 5.89. The van der Waals surface area contributed by atoms with Gasteiger partial charge in [-0.15, -0.1) is 0 Å². The monoisotopic (exact) mass is 132 g/mol. The van der Waals surface area contributed by atoms with Crippen molar-refractivity contribution in [2.24, 2.45) is 0 Å². The number of ether oxygens (including phenoxy) is 1. The lowest BCUT2D eigenvalue weighted by Crippen LogP contribution is -2.28. The topological polar surface area (TPSA) is 70.1 Å². The minimum atomic E-state index is -1.25. The zero-order valence-electron chi connectivity index (χ0n) is 4.78. The first-order chi connectivity index (χ1) is 4.25. The lowest BCUT2D eigenvalue weighted by molar-refractivity contribution is -0.130. The molecule has 4 heteroatoms. The fraction of sp³-hybridized carbons (Fsp3) is 0.800. The second kappa shape index (κ2) is 2.43. The molecule has 0 aromatic carbocycles. The molecule has 0 bridgehead atoms. The standard InChI is InChI=1S/C5H8O4/c6-1-3(7)5(8)4-2-9-4/h3-4,6-7H,1-2H2. The Morgan fingerprint density at radius 1 is 1.89 bits per heavy atom. The Balaban J connectivity index is 2.31. The number of rotatable bonds is 3. The van der Waals surface area contributed by atoms with Crippen LogP contribution >= 0.6 is 0 Å². The van der Waals surface area contributed by atoms with E-state index >= 15 is 0 Å². The number of carbonyl (C=O) groups excluding carboxylic acids is 1. The molecule has 0 amide bonds. The first-order valence-electron chi connectivity index (χ1n) is 2.70. The summed E-state index contributed by atoms with van der Waals surface area (Å²) in [6.07, 6.45) is -1.70. The van der Waals surface area contributed by atoms with Crippen LogP contribution in [0.2, 0.25) is 0 Å². The molecule has 2 atom stereocenters. The summed E-state index contributed by atoms with van der Waals surface area (Å²) < 4.78 is 4.57. The van der Waals surface area contributed by atoms with Crippen molar-refractivity contribution in [3.8, 4) is 0 Å². The number of hydrogen-bond acceptors (Lipinski definition) is 4. The van der Waals surface area contributed by atoms with Crippen LogP contribution in [0.25, 0.3) is 0 Å². The van der Waals surface area contributed by atoms with Gasteiger partial charge in [0.2, 0.25) is 0 Å². The second-order valence-electron chi connectivity index (χ2n) is 1.92. The van der Waals surface area contributed by atoms with E-state index in [1.165, 1.54) is 0 Å². The summed E-state index contributed by atoms with van der Waals surface area (Å²) in [7, 11) is 0. The van der Waals surface area contributed by atoms with Crippen LogP contribution in [0.15, 0.2) is 0 Å². The minimum Gasteiger partial charge on any atom is -0.393 e. The molecular formula is C5H8O4. The summed E-state index contributed by atoms with van der Waals surface area (Å²) in [6.45, 7) is -0.130. The average Bonchev–Trinajstić information content (AvgIpc) is 2.66. The summed E-state index contributed by atoms with van der Waals surface area (Å²) in [5.74, 6) is -0.419. The lowest BCUT2D eigenvalue weighted by atomic mass is 10.2. The first-order valence-corrected chi connectivity index (χ1v) is 2.70. The molecule has 1 saturated heterocycles. The van der Waals surface area contributed by atoms with Crippen LogP contribution in [0.5, 0.6) is 0 Å². The van der Waals surface area contributed by atoms with Gasteiger partial charge in [-0.2, -0.15) is 0 Å². The molecule has 0 aromatic rings. The van der Waals surface area contributed by atoms with Crippen LogP contribution in [0.3, 0.4) is 0 Å². The molecule has 52 valence electrons. The number of hydrogen-bond donors (Lipinski definition) is 2. The van der Waals surface area contributed by atoms with E-state index in [1.54, 1.807) is 0 Å². The molecule has 1 aliphatic rings. The third-order valence-corrected chi connectivity index (χ3v) is 1.15. The van der Waals surface area contributed by atoms with Gasteiger partial charge >= 0.3 is 0 Å². The highest BCUT2D eigenvalue weighted by atomic mass is 16.6. The number of aliphatic hydroxyl groups is 2. The summed E-state index contributed by atoms with van der Waals surface area (Å²) in [4.78, 5) is 10.6. The van der Waals surface area contributed by atoms with Gasteiger partial charge in [-0.3, -0.25) is 4.79 Å². The maximum Gasteiger partial charge on any atom is 0.194 e. The molecule has 1 aliphatic heterocycles. The molecule has 9 heavy (non-hydrogen) atoms. The van der Waals surface area contributed by atoms with Crippen molar-refractivity contribution in [3.63, 3.8) is 0 Å². The van der Waals surface area contributed by atoms with Crippen LogP contribution in [-0.4, -0.2) is 41.4 Å². The summed E-state index contributed by atoms with van der Waals surface area (Å²) in [6, 6.07) is 0. The molecule has 0 spiro atoms. The van der Waals surface area contributed by atoms with Crippen molar-refractivity contribution in [1.82, 2.24) is 0 Å². The number of epoxide rings is 1. The molecule has 2 N–H and O–H groups in total. The fourth-order valence-electron chi connectivity index (χ4n) is 0.517. The van der Waals surface area contributed by atoms with Crippen molar-refractivity contribution in [2.75, 3.05) is 13.2 Å². The van der Waals surface area contributed by atoms with E-state index in [1.807, 2.05) is 0 Å². The van der Waals surface area contributed by atoms with Gasteiger partial charge in [0.25, 0.3) is 0 Å². The van der Waals surface area contributed by atoms with Crippen molar-refractivity contribution in [1.29, 1.82) is 0 Å². The van der Waals surface area contributed by atoms with Gasteiger partial charge in [-0.05, 0) is 0 Å². The predicted molar refractivity (Wildman–Crippen MR) is 27.8 cm³/mol. The number of ketones is 1. The molecule has 0 radical (unpaired) electrons. The Bertz CT molecular complexity index is 118. The quantitative estimate of drug-likeness (QED) is 0.449. The normalized spacial score (nSPS) is 27.6. The molecule has 2 unspecified atom stereocenters. The Morgan fingerprint density at radius 3 is 2.78 bits per heavy atom. The third-order valence-electron chi connectivity index (χ3n) is 1.15. The Morgan fingerprint density at radius 2 is 2.44 bits per heavy atom. The van der Waals surface area contributed by atoms with E-state index in [0.717, 1.165) is 0 Å². The maximum atomic E-state index is 10.6. The molecule has 1 fully saturated rings. The van der Waals surface area contributed by atoms with Gasteiger partial charge in [0.1, 0.15) is 12.2 Å². The van der Waals surface area contributed by atoms with Crippen LogP contribution in [0.1, 0.15) is 0 Å².